The minimum atomic E-state index is -0.135. The number of carbonyl (C=O) groups excluding carboxylic acids is 1. The molecule has 1 N–H and O–H groups in total. The minimum Gasteiger partial charge on any atom is -0.345 e. The van der Waals surface area contributed by atoms with Crippen molar-refractivity contribution in [3.63, 3.8) is 0 Å². The molecule has 2 rings (SSSR count). The Bertz CT molecular complexity index is 612. The van der Waals surface area contributed by atoms with Crippen LogP contribution in [0.3, 0.4) is 0 Å². The molecule has 0 bridgehead atoms. The number of nitrogens with one attached hydrogen (secondary N) is 1. The van der Waals surface area contributed by atoms with Gasteiger partial charge in [0.25, 0.3) is 11.5 Å². The molecule has 0 aliphatic rings. The SMILES string of the molecule is CN(C)C(=O)c1ccc(-c2ccc[nH]c2=O)cc1. The number of carbonyl (C=O) groups is 1. The number of nitrogens with zero attached hydrogens (tertiary/aromatic N) is 1. The van der Waals surface area contributed by atoms with E-state index in [2.05, 4.69) is 4.98 Å². The van der Waals surface area contributed by atoms with Crippen LogP contribution in [0.1, 0.15) is 10.4 Å². The maximum Gasteiger partial charge on any atom is 0.255 e. The number of H-pyrrole nitrogens is 1. The van der Waals surface area contributed by atoms with Gasteiger partial charge in [0.1, 0.15) is 0 Å². The van der Waals surface area contributed by atoms with Gasteiger partial charge < -0.3 is 9.88 Å². The summed E-state index contributed by atoms with van der Waals surface area (Å²) < 4.78 is 0. The van der Waals surface area contributed by atoms with E-state index in [-0.39, 0.29) is 11.5 Å². The third-order valence-electron chi connectivity index (χ3n) is 2.67. The Labute approximate surface area is 105 Å². The fourth-order valence-corrected chi connectivity index (χ4v) is 1.70. The van der Waals surface area contributed by atoms with Crippen LogP contribution in [-0.4, -0.2) is 29.9 Å². The monoisotopic (exact) mass is 242 g/mol. The molecular weight excluding hydrogens is 228 g/mol. The number of amides is 1. The molecule has 2 aromatic rings. The van der Waals surface area contributed by atoms with Crippen molar-refractivity contribution in [2.24, 2.45) is 0 Å². The predicted octanol–water partition coefficient (Wildman–Crippen LogP) is 1.74. The standard InChI is InChI=1S/C14H14N2O2/c1-16(2)14(18)11-7-5-10(6-8-11)12-4-3-9-15-13(12)17/h3-9H,1-2H3,(H,15,17). The van der Waals surface area contributed by atoms with Crippen molar-refractivity contribution in [2.75, 3.05) is 14.1 Å². The molecule has 1 amide bonds. The Morgan fingerprint density at radius 1 is 1.11 bits per heavy atom. The smallest absolute Gasteiger partial charge is 0.255 e. The van der Waals surface area contributed by atoms with Gasteiger partial charge in [-0.1, -0.05) is 12.1 Å². The fraction of sp³-hybridized carbons (Fsp3) is 0.143. The minimum absolute atomic E-state index is 0.0523. The predicted molar refractivity (Wildman–Crippen MR) is 70.5 cm³/mol. The van der Waals surface area contributed by atoms with Gasteiger partial charge >= 0.3 is 0 Å². The molecule has 18 heavy (non-hydrogen) atoms. The molecule has 1 aromatic heterocycles. The van der Waals surface area contributed by atoms with Gasteiger partial charge in [0.05, 0.1) is 0 Å². The van der Waals surface area contributed by atoms with Crippen molar-refractivity contribution in [1.29, 1.82) is 0 Å². The Morgan fingerprint density at radius 3 is 2.33 bits per heavy atom. The van der Waals surface area contributed by atoms with E-state index in [1.165, 1.54) is 4.90 Å². The van der Waals surface area contributed by atoms with Crippen LogP contribution in [0.2, 0.25) is 0 Å². The van der Waals surface area contributed by atoms with Crippen LogP contribution < -0.4 is 5.56 Å². The first-order chi connectivity index (χ1) is 8.59. The van der Waals surface area contributed by atoms with E-state index in [4.69, 9.17) is 0 Å². The summed E-state index contributed by atoms with van der Waals surface area (Å²) in [5.41, 5.74) is 1.87. The van der Waals surface area contributed by atoms with Crippen molar-refractivity contribution in [2.45, 2.75) is 0 Å². The zero-order valence-electron chi connectivity index (χ0n) is 10.3. The molecule has 1 heterocycles. The topological polar surface area (TPSA) is 53.2 Å². The third kappa shape index (κ3) is 2.32. The van der Waals surface area contributed by atoms with Gasteiger partial charge in [0.15, 0.2) is 0 Å². The molecule has 0 atom stereocenters. The number of hydrogen-bond acceptors (Lipinski definition) is 2. The van der Waals surface area contributed by atoms with Crippen LogP contribution in [0.15, 0.2) is 47.4 Å². The zero-order valence-corrected chi connectivity index (χ0v) is 10.3. The molecule has 0 aliphatic heterocycles. The van der Waals surface area contributed by atoms with E-state index < -0.39 is 0 Å². The van der Waals surface area contributed by atoms with Crippen molar-refractivity contribution >= 4 is 5.91 Å². The van der Waals surface area contributed by atoms with Gasteiger partial charge in [-0.15, -0.1) is 0 Å². The third-order valence-corrected chi connectivity index (χ3v) is 2.67. The molecule has 0 aliphatic carbocycles. The van der Waals surface area contributed by atoms with Crippen molar-refractivity contribution in [3.8, 4) is 11.1 Å². The van der Waals surface area contributed by atoms with E-state index in [9.17, 15) is 9.59 Å². The second-order valence-corrected chi connectivity index (χ2v) is 4.19. The Hall–Kier alpha value is -2.36. The van der Waals surface area contributed by atoms with Gasteiger partial charge in [0.2, 0.25) is 0 Å². The summed E-state index contributed by atoms with van der Waals surface area (Å²) >= 11 is 0. The maximum atomic E-state index is 11.7. The van der Waals surface area contributed by atoms with Crippen LogP contribution in [-0.2, 0) is 0 Å². The van der Waals surface area contributed by atoms with Gasteiger partial charge in [-0.3, -0.25) is 9.59 Å². The maximum absolute atomic E-state index is 11.7. The summed E-state index contributed by atoms with van der Waals surface area (Å²) in [6.07, 6.45) is 1.59. The molecule has 4 nitrogen and oxygen atoms in total. The lowest BCUT2D eigenvalue weighted by molar-refractivity contribution is 0.0827. The van der Waals surface area contributed by atoms with Gasteiger partial charge in [0, 0.05) is 31.4 Å². The molecule has 0 saturated carbocycles. The molecule has 0 spiro atoms. The average Bonchev–Trinajstić information content (AvgIpc) is 2.38. The van der Waals surface area contributed by atoms with Crippen LogP contribution in [0.5, 0.6) is 0 Å². The lowest BCUT2D eigenvalue weighted by Crippen LogP contribution is -2.21. The van der Waals surface area contributed by atoms with Crippen molar-refractivity contribution in [1.82, 2.24) is 9.88 Å². The molecule has 0 unspecified atom stereocenters. The summed E-state index contributed by atoms with van der Waals surface area (Å²) in [6, 6.07) is 10.5. The highest BCUT2D eigenvalue weighted by molar-refractivity contribution is 5.94. The molecule has 4 heteroatoms. The van der Waals surface area contributed by atoms with Crippen molar-refractivity contribution in [3.05, 3.63) is 58.5 Å². The molecular formula is C14H14N2O2. The molecule has 1 aromatic carbocycles. The number of hydrogen-bond donors (Lipinski definition) is 1. The average molecular weight is 242 g/mol. The first-order valence-corrected chi connectivity index (χ1v) is 5.59. The number of rotatable bonds is 2. The number of pyridine rings is 1. The number of aromatic nitrogens is 1. The van der Waals surface area contributed by atoms with E-state index in [0.29, 0.717) is 11.1 Å². The highest BCUT2D eigenvalue weighted by atomic mass is 16.2. The Morgan fingerprint density at radius 2 is 1.78 bits per heavy atom. The van der Waals surface area contributed by atoms with Gasteiger partial charge in [-0.2, -0.15) is 0 Å². The number of benzene rings is 1. The zero-order chi connectivity index (χ0) is 13.1. The quantitative estimate of drug-likeness (QED) is 0.872. The van der Waals surface area contributed by atoms with Crippen LogP contribution >= 0.6 is 0 Å². The largest absolute Gasteiger partial charge is 0.345 e. The van der Waals surface area contributed by atoms with E-state index in [1.807, 2.05) is 0 Å². The second-order valence-electron chi connectivity index (χ2n) is 4.19. The summed E-state index contributed by atoms with van der Waals surface area (Å²) in [5, 5.41) is 0. The molecule has 92 valence electrons. The Balaban J connectivity index is 2.37. The molecule has 0 fully saturated rings. The lowest BCUT2D eigenvalue weighted by atomic mass is 10.1. The first kappa shape index (κ1) is 12.1. The van der Waals surface area contributed by atoms with Crippen LogP contribution in [0, 0.1) is 0 Å². The molecule has 0 radical (unpaired) electrons. The van der Waals surface area contributed by atoms with Crippen LogP contribution in [0.25, 0.3) is 11.1 Å². The summed E-state index contributed by atoms with van der Waals surface area (Å²) in [7, 11) is 3.41. The second kappa shape index (κ2) is 4.87. The Kier molecular flexibility index (Phi) is 3.28. The lowest BCUT2D eigenvalue weighted by Gasteiger charge is -2.10. The van der Waals surface area contributed by atoms with Crippen molar-refractivity contribution < 1.29 is 4.79 Å². The normalized spacial score (nSPS) is 10.1. The van der Waals surface area contributed by atoms with E-state index in [1.54, 1.807) is 56.7 Å². The highest BCUT2D eigenvalue weighted by Crippen LogP contribution is 2.16. The molecule has 0 saturated heterocycles. The summed E-state index contributed by atoms with van der Waals surface area (Å²) in [5.74, 6) is -0.0523. The highest BCUT2D eigenvalue weighted by Gasteiger charge is 2.08. The fourth-order valence-electron chi connectivity index (χ4n) is 1.70. The summed E-state index contributed by atoms with van der Waals surface area (Å²) in [4.78, 5) is 27.5. The van der Waals surface area contributed by atoms with E-state index >= 15 is 0 Å². The first-order valence-electron chi connectivity index (χ1n) is 5.59. The summed E-state index contributed by atoms with van der Waals surface area (Å²) in [6.45, 7) is 0. The van der Waals surface area contributed by atoms with Gasteiger partial charge in [-0.25, -0.2) is 0 Å². The number of aromatic amines is 1. The van der Waals surface area contributed by atoms with Gasteiger partial charge in [-0.05, 0) is 29.8 Å². The van der Waals surface area contributed by atoms with Crippen LogP contribution in [0.4, 0.5) is 0 Å². The van der Waals surface area contributed by atoms with E-state index in [0.717, 1.165) is 5.56 Å².